The van der Waals surface area contributed by atoms with Crippen molar-refractivity contribution in [2.45, 2.75) is 19.8 Å². The van der Waals surface area contributed by atoms with Crippen molar-refractivity contribution in [3.05, 3.63) is 35.4 Å². The lowest BCUT2D eigenvalue weighted by molar-refractivity contribution is 0.0415. The van der Waals surface area contributed by atoms with Crippen LogP contribution in [0, 0.1) is 12.3 Å². The van der Waals surface area contributed by atoms with Crippen LogP contribution in [0.3, 0.4) is 0 Å². The zero-order chi connectivity index (χ0) is 12.6. The van der Waals surface area contributed by atoms with E-state index in [4.69, 9.17) is 0 Å². The Hall–Kier alpha value is -1.35. The Morgan fingerprint density at radius 2 is 1.78 bits per heavy atom. The second-order valence-corrected chi connectivity index (χ2v) is 5.76. The lowest BCUT2D eigenvalue weighted by Gasteiger charge is -2.48. The Labute approximate surface area is 108 Å². The Kier molecular flexibility index (Phi) is 2.86. The number of amides is 1. The zero-order valence-corrected chi connectivity index (χ0v) is 10.9. The molecule has 0 radical (unpaired) electrons. The first-order valence-electron chi connectivity index (χ1n) is 6.75. The Morgan fingerprint density at radius 3 is 2.28 bits per heavy atom. The smallest absolute Gasteiger partial charge is 0.253 e. The molecule has 96 valence electrons. The van der Waals surface area contributed by atoms with Crippen molar-refractivity contribution in [1.29, 1.82) is 0 Å². The van der Waals surface area contributed by atoms with Crippen LogP contribution < -0.4 is 5.32 Å². The van der Waals surface area contributed by atoms with Gasteiger partial charge >= 0.3 is 0 Å². The third-order valence-electron chi connectivity index (χ3n) is 4.41. The van der Waals surface area contributed by atoms with Gasteiger partial charge in [0.15, 0.2) is 0 Å². The third kappa shape index (κ3) is 2.03. The molecule has 0 atom stereocenters. The highest BCUT2D eigenvalue weighted by Gasteiger charge is 2.40. The molecule has 0 bridgehead atoms. The summed E-state index contributed by atoms with van der Waals surface area (Å²) in [6, 6.07) is 7.89. The van der Waals surface area contributed by atoms with Crippen LogP contribution in [0.1, 0.15) is 28.8 Å². The second kappa shape index (κ2) is 4.39. The molecule has 1 amide bonds. The number of nitrogens with one attached hydrogen (secondary N) is 1. The van der Waals surface area contributed by atoms with Gasteiger partial charge in [-0.1, -0.05) is 17.7 Å². The molecule has 1 aromatic carbocycles. The Bertz CT molecular complexity index is 438. The molecule has 3 heteroatoms. The van der Waals surface area contributed by atoms with Crippen molar-refractivity contribution in [3.8, 4) is 0 Å². The Balaban J connectivity index is 1.65. The summed E-state index contributed by atoms with van der Waals surface area (Å²) in [5, 5.41) is 3.35. The molecule has 2 aliphatic rings. The molecule has 0 unspecified atom stereocenters. The van der Waals surface area contributed by atoms with Crippen LogP contribution >= 0.6 is 0 Å². The fraction of sp³-hybridized carbons (Fsp3) is 0.533. The van der Waals surface area contributed by atoms with Crippen molar-refractivity contribution < 1.29 is 4.79 Å². The van der Waals surface area contributed by atoms with Gasteiger partial charge in [0.25, 0.3) is 5.91 Å². The summed E-state index contributed by atoms with van der Waals surface area (Å²) in [6.07, 6.45) is 2.30. The molecule has 1 spiro atoms. The van der Waals surface area contributed by atoms with Gasteiger partial charge in [-0.05, 0) is 37.3 Å². The van der Waals surface area contributed by atoms with Gasteiger partial charge in [-0.25, -0.2) is 0 Å². The van der Waals surface area contributed by atoms with E-state index in [9.17, 15) is 4.79 Å². The fourth-order valence-corrected chi connectivity index (χ4v) is 2.89. The molecular weight excluding hydrogens is 224 g/mol. The molecule has 2 heterocycles. The van der Waals surface area contributed by atoms with E-state index < -0.39 is 0 Å². The maximum Gasteiger partial charge on any atom is 0.253 e. The van der Waals surface area contributed by atoms with Gasteiger partial charge in [0, 0.05) is 31.7 Å². The SMILES string of the molecule is Cc1ccc(C(=O)N2CCC3(CC2)CNC3)cc1. The van der Waals surface area contributed by atoms with Crippen LogP contribution in [-0.2, 0) is 0 Å². The summed E-state index contributed by atoms with van der Waals surface area (Å²) < 4.78 is 0. The van der Waals surface area contributed by atoms with Gasteiger partial charge in [-0.15, -0.1) is 0 Å². The number of nitrogens with zero attached hydrogens (tertiary/aromatic N) is 1. The zero-order valence-electron chi connectivity index (χ0n) is 10.9. The molecular formula is C15H20N2O. The molecule has 2 fully saturated rings. The van der Waals surface area contributed by atoms with E-state index in [0.29, 0.717) is 5.41 Å². The molecule has 3 nitrogen and oxygen atoms in total. The number of hydrogen-bond acceptors (Lipinski definition) is 2. The van der Waals surface area contributed by atoms with Gasteiger partial charge in [-0.2, -0.15) is 0 Å². The number of rotatable bonds is 1. The third-order valence-corrected chi connectivity index (χ3v) is 4.41. The van der Waals surface area contributed by atoms with Crippen LogP contribution in [0.25, 0.3) is 0 Å². The quantitative estimate of drug-likeness (QED) is 0.817. The highest BCUT2D eigenvalue weighted by molar-refractivity contribution is 5.94. The van der Waals surface area contributed by atoms with E-state index in [1.807, 2.05) is 36.1 Å². The van der Waals surface area contributed by atoms with Crippen molar-refractivity contribution >= 4 is 5.91 Å². The van der Waals surface area contributed by atoms with E-state index in [2.05, 4.69) is 5.32 Å². The highest BCUT2D eigenvalue weighted by Crippen LogP contribution is 2.35. The maximum atomic E-state index is 12.3. The van der Waals surface area contributed by atoms with Crippen molar-refractivity contribution in [1.82, 2.24) is 10.2 Å². The first kappa shape index (κ1) is 11.7. The Morgan fingerprint density at radius 1 is 1.17 bits per heavy atom. The van der Waals surface area contributed by atoms with Crippen molar-refractivity contribution in [3.63, 3.8) is 0 Å². The van der Waals surface area contributed by atoms with Gasteiger partial charge in [0.2, 0.25) is 0 Å². The largest absolute Gasteiger partial charge is 0.339 e. The van der Waals surface area contributed by atoms with Crippen LogP contribution in [0.2, 0.25) is 0 Å². The second-order valence-electron chi connectivity index (χ2n) is 5.76. The molecule has 1 N–H and O–H groups in total. The van der Waals surface area contributed by atoms with Gasteiger partial charge in [0.05, 0.1) is 0 Å². The lowest BCUT2D eigenvalue weighted by Crippen LogP contribution is -2.58. The summed E-state index contributed by atoms with van der Waals surface area (Å²) in [5.41, 5.74) is 2.53. The molecule has 0 saturated carbocycles. The van der Waals surface area contributed by atoms with Crippen molar-refractivity contribution in [2.24, 2.45) is 5.41 Å². The molecule has 3 rings (SSSR count). The van der Waals surface area contributed by atoms with E-state index in [0.717, 1.165) is 44.6 Å². The average Bonchev–Trinajstić information content (AvgIpc) is 2.37. The van der Waals surface area contributed by atoms with E-state index in [1.54, 1.807) is 0 Å². The summed E-state index contributed by atoms with van der Waals surface area (Å²) >= 11 is 0. The first-order chi connectivity index (χ1) is 8.69. The molecule has 1 aromatic rings. The predicted molar refractivity (Wildman–Crippen MR) is 71.6 cm³/mol. The summed E-state index contributed by atoms with van der Waals surface area (Å²) in [4.78, 5) is 14.3. The normalized spacial score (nSPS) is 21.7. The number of aryl methyl sites for hydroxylation is 1. The highest BCUT2D eigenvalue weighted by atomic mass is 16.2. The predicted octanol–water partition coefficient (Wildman–Crippen LogP) is 1.82. The number of carbonyl (C=O) groups is 1. The minimum atomic E-state index is 0.192. The van der Waals surface area contributed by atoms with Gasteiger partial charge in [-0.3, -0.25) is 4.79 Å². The molecule has 18 heavy (non-hydrogen) atoms. The lowest BCUT2D eigenvalue weighted by atomic mass is 9.73. The van der Waals surface area contributed by atoms with Gasteiger partial charge in [0.1, 0.15) is 0 Å². The minimum Gasteiger partial charge on any atom is -0.339 e. The number of benzene rings is 1. The molecule has 0 aliphatic carbocycles. The van der Waals surface area contributed by atoms with Crippen LogP contribution in [0.5, 0.6) is 0 Å². The standard InChI is InChI=1S/C15H20N2O/c1-12-2-4-13(5-3-12)14(18)17-8-6-15(7-9-17)10-16-11-15/h2-5,16H,6-11H2,1H3. The fourth-order valence-electron chi connectivity index (χ4n) is 2.89. The molecule has 2 aliphatic heterocycles. The monoisotopic (exact) mass is 244 g/mol. The summed E-state index contributed by atoms with van der Waals surface area (Å²) in [7, 11) is 0. The number of likely N-dealkylation sites (tertiary alicyclic amines) is 1. The summed E-state index contributed by atoms with van der Waals surface area (Å²) in [5.74, 6) is 0.192. The number of piperidine rings is 1. The summed E-state index contributed by atoms with van der Waals surface area (Å²) in [6.45, 7) is 6.14. The van der Waals surface area contributed by atoms with E-state index >= 15 is 0 Å². The van der Waals surface area contributed by atoms with Crippen LogP contribution in [-0.4, -0.2) is 37.0 Å². The average molecular weight is 244 g/mol. The molecule has 2 saturated heterocycles. The van der Waals surface area contributed by atoms with E-state index in [1.165, 1.54) is 5.56 Å². The first-order valence-corrected chi connectivity index (χ1v) is 6.75. The number of carbonyl (C=O) groups excluding carboxylic acids is 1. The van der Waals surface area contributed by atoms with Crippen LogP contribution in [0.15, 0.2) is 24.3 Å². The maximum absolute atomic E-state index is 12.3. The minimum absolute atomic E-state index is 0.192. The van der Waals surface area contributed by atoms with E-state index in [-0.39, 0.29) is 5.91 Å². The van der Waals surface area contributed by atoms with Gasteiger partial charge < -0.3 is 10.2 Å². The molecule has 0 aromatic heterocycles. The van der Waals surface area contributed by atoms with Crippen molar-refractivity contribution in [2.75, 3.05) is 26.2 Å². The topological polar surface area (TPSA) is 32.3 Å². The van der Waals surface area contributed by atoms with Crippen LogP contribution in [0.4, 0.5) is 0 Å². The number of hydrogen-bond donors (Lipinski definition) is 1.